The number of benzene rings is 2. The molecule has 3 aromatic rings. The maximum atomic E-state index is 9.85. The van der Waals surface area contributed by atoms with Gasteiger partial charge in [-0.1, -0.05) is 157 Å². The van der Waals surface area contributed by atoms with Gasteiger partial charge in [-0.25, -0.2) is 4.98 Å². The molecule has 2 aromatic carbocycles. The van der Waals surface area contributed by atoms with Gasteiger partial charge in [0.25, 0.3) is 0 Å². The van der Waals surface area contributed by atoms with Crippen LogP contribution in [0.5, 0.6) is 0 Å². The number of aromatic nitrogens is 2. The monoisotopic (exact) mass is 966 g/mol. The molecule has 5 heteroatoms. The van der Waals surface area contributed by atoms with E-state index in [1.165, 1.54) is 81.9 Å². The third-order valence-corrected chi connectivity index (χ3v) is 18.7. The minimum Gasteiger partial charge on any atom is -0.341 e. The number of fused-ring (bicyclic) bond motifs is 10. The molecule has 2 heterocycles. The second-order valence-electron chi connectivity index (χ2n) is 22.7. The lowest BCUT2D eigenvalue weighted by Gasteiger charge is -2.46. The van der Waals surface area contributed by atoms with Gasteiger partial charge in [0.05, 0.1) is 41.1 Å². The summed E-state index contributed by atoms with van der Waals surface area (Å²) < 4.78 is 2.49. The van der Waals surface area contributed by atoms with Gasteiger partial charge in [0, 0.05) is 34.6 Å². The fourth-order valence-corrected chi connectivity index (χ4v) is 15.3. The molecule has 9 atom stereocenters. The van der Waals surface area contributed by atoms with Crippen LogP contribution in [0.25, 0.3) is 22.4 Å². The van der Waals surface area contributed by atoms with Gasteiger partial charge in [0.2, 0.25) is 0 Å². The molecule has 9 unspecified atom stereocenters. The Hall–Kier alpha value is -7.03. The average Bonchev–Trinajstić information content (AvgIpc) is 4.09. The van der Waals surface area contributed by atoms with E-state index in [9.17, 15) is 5.26 Å². The molecule has 0 N–H and O–H groups in total. The Kier molecular flexibility index (Phi) is 11.9. The van der Waals surface area contributed by atoms with Crippen LogP contribution in [0.2, 0.25) is 0 Å². The normalized spacial score (nSPS) is 29.5. The summed E-state index contributed by atoms with van der Waals surface area (Å²) in [6.07, 6.45) is 64.4. The van der Waals surface area contributed by atoms with E-state index in [1.54, 1.807) is 16.7 Å². The molecular weight excluding hydrogens is 899 g/mol. The van der Waals surface area contributed by atoms with E-state index in [0.717, 1.165) is 82.1 Å². The van der Waals surface area contributed by atoms with E-state index in [2.05, 4.69) is 173 Å². The molecule has 0 spiro atoms. The van der Waals surface area contributed by atoms with Gasteiger partial charge < -0.3 is 4.90 Å². The van der Waals surface area contributed by atoms with Crippen molar-refractivity contribution >= 4 is 22.6 Å². The highest BCUT2D eigenvalue weighted by Gasteiger charge is 2.51. The third kappa shape index (κ3) is 7.86. The molecule has 74 heavy (non-hydrogen) atoms. The van der Waals surface area contributed by atoms with Gasteiger partial charge in [-0.15, -0.1) is 0 Å². The SMILES string of the molecule is N#Cc1ccc(-n2c(C3=CCC(N4C(C5=C(c6ccc(CC(C7=CC=CCC7)C7C=CC=CC7)cc6)C=CCC5)=NC5C6C=CC=CC6C6=C(CCC=C6)C54)C=C3)nc3c2C2C=CCCC2C2=C3CCCC2)cc1. The van der Waals surface area contributed by atoms with Gasteiger partial charge in [-0.2, -0.15) is 5.26 Å². The summed E-state index contributed by atoms with van der Waals surface area (Å²) >= 11 is 0. The first-order chi connectivity index (χ1) is 36.7. The minimum absolute atomic E-state index is 0.129. The Morgan fingerprint density at radius 3 is 2.38 bits per heavy atom. The largest absolute Gasteiger partial charge is 0.341 e. The quantitative estimate of drug-likeness (QED) is 0.201. The molecule has 5 nitrogen and oxygen atoms in total. The van der Waals surface area contributed by atoms with Crippen molar-refractivity contribution < 1.29 is 0 Å². The molecular formula is C69H67N5. The smallest absolute Gasteiger partial charge is 0.145 e. The van der Waals surface area contributed by atoms with E-state index in [0.29, 0.717) is 41.1 Å². The lowest BCUT2D eigenvalue weighted by Crippen LogP contribution is -2.52. The predicted molar refractivity (Wildman–Crippen MR) is 303 cm³/mol. The van der Waals surface area contributed by atoms with Gasteiger partial charge in [-0.05, 0) is 172 Å². The highest BCUT2D eigenvalue weighted by atomic mass is 15.3. The van der Waals surface area contributed by atoms with Gasteiger partial charge in [0.1, 0.15) is 11.7 Å². The molecule has 1 aliphatic heterocycles. The molecule has 10 aliphatic carbocycles. The Bertz CT molecular complexity index is 3310. The lowest BCUT2D eigenvalue weighted by atomic mass is 9.66. The first-order valence-corrected chi connectivity index (χ1v) is 28.4. The van der Waals surface area contributed by atoms with Crippen LogP contribution in [0.3, 0.4) is 0 Å². The number of aliphatic imine (C=N–C) groups is 1. The maximum absolute atomic E-state index is 9.85. The van der Waals surface area contributed by atoms with E-state index >= 15 is 0 Å². The maximum Gasteiger partial charge on any atom is 0.145 e. The van der Waals surface area contributed by atoms with Crippen LogP contribution in [0, 0.1) is 40.9 Å². The van der Waals surface area contributed by atoms with Crippen molar-refractivity contribution in [2.75, 3.05) is 0 Å². The van der Waals surface area contributed by atoms with Crippen LogP contribution in [-0.4, -0.2) is 38.4 Å². The van der Waals surface area contributed by atoms with Gasteiger partial charge in [0.15, 0.2) is 0 Å². The summed E-state index contributed by atoms with van der Waals surface area (Å²) in [5, 5.41) is 9.85. The average molecular weight is 966 g/mol. The molecule has 368 valence electrons. The van der Waals surface area contributed by atoms with E-state index in [-0.39, 0.29) is 18.1 Å². The van der Waals surface area contributed by atoms with E-state index in [1.807, 2.05) is 12.1 Å². The second-order valence-corrected chi connectivity index (χ2v) is 22.7. The summed E-state index contributed by atoms with van der Waals surface area (Å²) in [7, 11) is 0. The van der Waals surface area contributed by atoms with Crippen molar-refractivity contribution in [2.24, 2.45) is 34.6 Å². The molecule has 0 radical (unpaired) electrons. The topological polar surface area (TPSA) is 57.2 Å². The van der Waals surface area contributed by atoms with Crippen LogP contribution < -0.4 is 0 Å². The van der Waals surface area contributed by atoms with Crippen LogP contribution >= 0.6 is 0 Å². The predicted octanol–water partition coefficient (Wildman–Crippen LogP) is 15.7. The van der Waals surface area contributed by atoms with Crippen LogP contribution in [-0.2, 0) is 6.42 Å². The summed E-state index contributed by atoms with van der Waals surface area (Å²) in [6, 6.07) is 20.7. The van der Waals surface area contributed by atoms with Crippen LogP contribution in [0.15, 0.2) is 203 Å². The molecule has 0 amide bonds. The molecule has 0 saturated carbocycles. The Labute approximate surface area is 438 Å². The van der Waals surface area contributed by atoms with Crippen molar-refractivity contribution in [3.05, 3.63) is 232 Å². The van der Waals surface area contributed by atoms with E-state index < -0.39 is 0 Å². The minimum atomic E-state index is 0.129. The van der Waals surface area contributed by atoms with Crippen molar-refractivity contribution in [2.45, 2.75) is 120 Å². The Balaban J connectivity index is 0.848. The van der Waals surface area contributed by atoms with Crippen LogP contribution in [0.4, 0.5) is 0 Å². The molecule has 0 bridgehead atoms. The first-order valence-electron chi connectivity index (χ1n) is 28.4. The summed E-state index contributed by atoms with van der Waals surface area (Å²) in [6.45, 7) is 0. The summed E-state index contributed by atoms with van der Waals surface area (Å²) in [5.41, 5.74) is 18.8. The molecule has 0 fully saturated rings. The number of hydrogen-bond acceptors (Lipinski definition) is 4. The molecule has 1 aromatic heterocycles. The summed E-state index contributed by atoms with van der Waals surface area (Å²) in [4.78, 5) is 14.6. The van der Waals surface area contributed by atoms with Crippen LogP contribution in [0.1, 0.15) is 130 Å². The van der Waals surface area contributed by atoms with Crippen molar-refractivity contribution in [3.8, 4) is 11.8 Å². The van der Waals surface area contributed by atoms with Gasteiger partial charge >= 0.3 is 0 Å². The number of rotatable bonds is 9. The highest BCUT2D eigenvalue weighted by Crippen LogP contribution is 2.54. The number of nitrogens with zero attached hydrogens (tertiary/aromatic N) is 5. The third-order valence-electron chi connectivity index (χ3n) is 18.7. The van der Waals surface area contributed by atoms with Crippen molar-refractivity contribution in [3.63, 3.8) is 0 Å². The zero-order valence-corrected chi connectivity index (χ0v) is 42.7. The zero-order valence-electron chi connectivity index (χ0n) is 42.7. The molecule has 0 saturated heterocycles. The number of imidazole rings is 1. The van der Waals surface area contributed by atoms with Gasteiger partial charge in [-0.3, -0.25) is 9.56 Å². The fraction of sp³-hybridized carbons (Fsp3) is 0.348. The number of hydrogen-bond donors (Lipinski definition) is 0. The van der Waals surface area contributed by atoms with E-state index in [4.69, 9.17) is 9.98 Å². The van der Waals surface area contributed by atoms with Crippen molar-refractivity contribution in [1.29, 1.82) is 5.26 Å². The highest BCUT2D eigenvalue weighted by molar-refractivity contribution is 6.09. The Morgan fingerprint density at radius 1 is 0.689 bits per heavy atom. The number of nitriles is 1. The first kappa shape index (κ1) is 45.6. The fourth-order valence-electron chi connectivity index (χ4n) is 15.3. The second kappa shape index (κ2) is 19.3. The number of amidine groups is 1. The molecule has 11 aliphatic rings. The lowest BCUT2D eigenvalue weighted by molar-refractivity contribution is 0.238. The summed E-state index contributed by atoms with van der Waals surface area (Å²) in [5.74, 6) is 4.77. The molecule has 14 rings (SSSR count). The van der Waals surface area contributed by atoms with Crippen molar-refractivity contribution in [1.82, 2.24) is 14.5 Å². The standard InChI is InChI=1S/C69H67N5/c70-44-46-33-39-51(40-34-46)73-66-60-28-14-10-24-56(60)54-22-8-12-26-58(54)64(66)71-68(73)50-37-41-52(42-38-50)74-67-61-29-15-11-25-57(61)55-23-9-13-27-59(55)65(67)72-69(74)62-30-16-7-21-53(62)49-35-31-45(32-36-49)43-63(47-17-3-1-4-18-47)48-19-5-2-6-20-48/h1-5,7,9,11,13-14,17,19,21,23,25,27-28,31-41,47,52,55-56,59-60,63,65,67H,6,8,10,12,15-16,18,20,22,24,26,29-30,42-43H2. The number of allylic oxidation sites excluding steroid dienone is 23. The Morgan fingerprint density at radius 2 is 1.54 bits per heavy atom. The zero-order chi connectivity index (χ0) is 49.1.